The average molecular weight is 433 g/mol. The maximum absolute atomic E-state index is 12.1. The zero-order chi connectivity index (χ0) is 19.5. The molecule has 2 aromatic rings. The summed E-state index contributed by atoms with van der Waals surface area (Å²) in [5.41, 5.74) is 1.79. The third kappa shape index (κ3) is 7.30. The lowest BCUT2D eigenvalue weighted by atomic mass is 10.2. The third-order valence-electron chi connectivity index (χ3n) is 3.86. The lowest BCUT2D eigenvalue weighted by molar-refractivity contribution is 0.0953. The SMILES string of the molecule is CN=C(NCCCNC(=O)c1cccc(Br)c1)NCc1ccc(OC)cc1. The Morgan fingerprint density at radius 2 is 1.81 bits per heavy atom. The van der Waals surface area contributed by atoms with Gasteiger partial charge in [-0.2, -0.15) is 0 Å². The van der Waals surface area contributed by atoms with E-state index in [9.17, 15) is 4.79 Å². The summed E-state index contributed by atoms with van der Waals surface area (Å²) in [5, 5.41) is 9.42. The topological polar surface area (TPSA) is 74.8 Å². The number of methoxy groups -OCH3 is 1. The number of ether oxygens (including phenoxy) is 1. The van der Waals surface area contributed by atoms with Gasteiger partial charge >= 0.3 is 0 Å². The molecular formula is C20H25BrN4O2. The van der Waals surface area contributed by atoms with Gasteiger partial charge in [0.2, 0.25) is 0 Å². The summed E-state index contributed by atoms with van der Waals surface area (Å²) in [7, 11) is 3.39. The molecule has 144 valence electrons. The molecule has 0 saturated heterocycles. The van der Waals surface area contributed by atoms with Crippen molar-refractivity contribution in [3.05, 3.63) is 64.1 Å². The van der Waals surface area contributed by atoms with Crippen LogP contribution < -0.4 is 20.7 Å². The summed E-state index contributed by atoms with van der Waals surface area (Å²) in [6.45, 7) is 1.97. The fourth-order valence-corrected chi connectivity index (χ4v) is 2.78. The minimum atomic E-state index is -0.0710. The maximum Gasteiger partial charge on any atom is 0.251 e. The Morgan fingerprint density at radius 3 is 2.48 bits per heavy atom. The van der Waals surface area contributed by atoms with Crippen LogP contribution in [0, 0.1) is 0 Å². The normalized spacial score (nSPS) is 11.0. The van der Waals surface area contributed by atoms with Crippen LogP contribution in [0.5, 0.6) is 5.75 Å². The molecule has 0 heterocycles. The van der Waals surface area contributed by atoms with Crippen LogP contribution in [0.3, 0.4) is 0 Å². The number of nitrogens with one attached hydrogen (secondary N) is 3. The number of carbonyl (C=O) groups excluding carboxylic acids is 1. The van der Waals surface area contributed by atoms with Crippen molar-refractivity contribution in [3.8, 4) is 5.75 Å². The molecule has 0 aliphatic rings. The van der Waals surface area contributed by atoms with Gasteiger partial charge in [0.05, 0.1) is 7.11 Å². The van der Waals surface area contributed by atoms with Crippen LogP contribution in [0.15, 0.2) is 58.0 Å². The lowest BCUT2D eigenvalue weighted by Crippen LogP contribution is -2.38. The molecule has 27 heavy (non-hydrogen) atoms. The van der Waals surface area contributed by atoms with Crippen LogP contribution in [0.2, 0.25) is 0 Å². The van der Waals surface area contributed by atoms with Crippen LogP contribution in [-0.2, 0) is 6.54 Å². The van der Waals surface area contributed by atoms with E-state index < -0.39 is 0 Å². The predicted molar refractivity (Wildman–Crippen MR) is 112 cm³/mol. The van der Waals surface area contributed by atoms with E-state index in [0.717, 1.165) is 28.2 Å². The largest absolute Gasteiger partial charge is 0.497 e. The lowest BCUT2D eigenvalue weighted by Gasteiger charge is -2.12. The molecule has 2 rings (SSSR count). The fraction of sp³-hybridized carbons (Fsp3) is 0.300. The quantitative estimate of drug-likeness (QED) is 0.340. The first-order valence-corrected chi connectivity index (χ1v) is 9.53. The number of hydrogen-bond acceptors (Lipinski definition) is 3. The second kappa shape index (κ2) is 11.2. The van der Waals surface area contributed by atoms with Gasteiger partial charge in [0, 0.05) is 36.7 Å². The molecule has 0 fully saturated rings. The number of rotatable bonds is 8. The van der Waals surface area contributed by atoms with E-state index in [-0.39, 0.29) is 5.91 Å². The maximum atomic E-state index is 12.1. The highest BCUT2D eigenvalue weighted by Crippen LogP contribution is 2.11. The Hall–Kier alpha value is -2.54. The first-order chi connectivity index (χ1) is 13.1. The van der Waals surface area contributed by atoms with Gasteiger partial charge in [0.1, 0.15) is 5.75 Å². The fourth-order valence-electron chi connectivity index (χ4n) is 2.38. The molecule has 0 aliphatic heterocycles. The van der Waals surface area contributed by atoms with Crippen molar-refractivity contribution in [3.63, 3.8) is 0 Å². The number of amides is 1. The Morgan fingerprint density at radius 1 is 1.07 bits per heavy atom. The number of guanidine groups is 1. The molecule has 1 amide bonds. The Kier molecular flexibility index (Phi) is 8.64. The third-order valence-corrected chi connectivity index (χ3v) is 4.35. The van der Waals surface area contributed by atoms with Crippen LogP contribution in [-0.4, -0.2) is 39.1 Å². The van der Waals surface area contributed by atoms with E-state index in [1.54, 1.807) is 26.3 Å². The van der Waals surface area contributed by atoms with E-state index >= 15 is 0 Å². The highest BCUT2D eigenvalue weighted by Gasteiger charge is 2.05. The van der Waals surface area contributed by atoms with Crippen LogP contribution >= 0.6 is 15.9 Å². The predicted octanol–water partition coefficient (Wildman–Crippen LogP) is 2.94. The zero-order valence-corrected chi connectivity index (χ0v) is 17.2. The molecule has 7 heteroatoms. The molecule has 0 unspecified atom stereocenters. The van der Waals surface area contributed by atoms with Gasteiger partial charge in [0.25, 0.3) is 5.91 Å². The number of carbonyl (C=O) groups is 1. The summed E-state index contributed by atoms with van der Waals surface area (Å²) >= 11 is 3.37. The number of halogens is 1. The highest BCUT2D eigenvalue weighted by atomic mass is 79.9. The number of hydrogen-bond donors (Lipinski definition) is 3. The Balaban J connectivity index is 1.65. The molecule has 0 saturated carbocycles. The molecule has 0 radical (unpaired) electrons. The molecule has 6 nitrogen and oxygen atoms in total. The highest BCUT2D eigenvalue weighted by molar-refractivity contribution is 9.10. The molecule has 2 aromatic carbocycles. The monoisotopic (exact) mass is 432 g/mol. The summed E-state index contributed by atoms with van der Waals surface area (Å²) in [6, 6.07) is 15.2. The summed E-state index contributed by atoms with van der Waals surface area (Å²) in [6.07, 6.45) is 0.795. The second-order valence-corrected chi connectivity index (χ2v) is 6.74. The van der Waals surface area contributed by atoms with Crippen LogP contribution in [0.1, 0.15) is 22.3 Å². The zero-order valence-electron chi connectivity index (χ0n) is 15.6. The van der Waals surface area contributed by atoms with E-state index in [1.165, 1.54) is 0 Å². The Labute approximate surface area is 168 Å². The smallest absolute Gasteiger partial charge is 0.251 e. The molecule has 0 aromatic heterocycles. The summed E-state index contributed by atoms with van der Waals surface area (Å²) < 4.78 is 6.05. The molecule has 0 aliphatic carbocycles. The molecular weight excluding hydrogens is 408 g/mol. The van der Waals surface area contributed by atoms with E-state index in [0.29, 0.717) is 25.2 Å². The minimum absolute atomic E-state index is 0.0710. The minimum Gasteiger partial charge on any atom is -0.497 e. The summed E-state index contributed by atoms with van der Waals surface area (Å²) in [4.78, 5) is 16.3. The van der Waals surface area contributed by atoms with E-state index in [1.807, 2.05) is 36.4 Å². The van der Waals surface area contributed by atoms with Crippen molar-refractivity contribution in [2.24, 2.45) is 4.99 Å². The van der Waals surface area contributed by atoms with Crippen molar-refractivity contribution in [2.75, 3.05) is 27.2 Å². The van der Waals surface area contributed by atoms with Gasteiger partial charge in [-0.15, -0.1) is 0 Å². The van der Waals surface area contributed by atoms with E-state index in [4.69, 9.17) is 4.74 Å². The number of benzene rings is 2. The second-order valence-electron chi connectivity index (χ2n) is 5.82. The van der Waals surface area contributed by atoms with Gasteiger partial charge < -0.3 is 20.7 Å². The van der Waals surface area contributed by atoms with Gasteiger partial charge in [-0.1, -0.05) is 34.1 Å². The van der Waals surface area contributed by atoms with Gasteiger partial charge in [-0.25, -0.2) is 0 Å². The number of nitrogens with zero attached hydrogens (tertiary/aromatic N) is 1. The first kappa shape index (κ1) is 20.8. The van der Waals surface area contributed by atoms with Crippen LogP contribution in [0.25, 0.3) is 0 Å². The van der Waals surface area contributed by atoms with Crippen molar-refractivity contribution in [2.45, 2.75) is 13.0 Å². The van der Waals surface area contributed by atoms with Gasteiger partial charge in [-0.05, 0) is 42.3 Å². The summed E-state index contributed by atoms with van der Waals surface area (Å²) in [5.74, 6) is 1.49. The number of aliphatic imine (C=N–C) groups is 1. The van der Waals surface area contributed by atoms with Crippen molar-refractivity contribution < 1.29 is 9.53 Å². The standard InChI is InChI=1S/C20H25BrN4O2/c1-22-20(25-14-15-7-9-18(27-2)10-8-15)24-12-4-11-23-19(26)16-5-3-6-17(21)13-16/h3,5-10,13H,4,11-12,14H2,1-2H3,(H,23,26)(H2,22,24,25). The average Bonchev–Trinajstić information content (AvgIpc) is 2.70. The van der Waals surface area contributed by atoms with Gasteiger partial charge in [0.15, 0.2) is 5.96 Å². The Bertz CT molecular complexity index is 763. The van der Waals surface area contributed by atoms with Crippen molar-refractivity contribution in [1.82, 2.24) is 16.0 Å². The van der Waals surface area contributed by atoms with Gasteiger partial charge in [-0.3, -0.25) is 9.79 Å². The molecule has 0 atom stereocenters. The molecule has 3 N–H and O–H groups in total. The van der Waals surface area contributed by atoms with Crippen LogP contribution in [0.4, 0.5) is 0 Å². The van der Waals surface area contributed by atoms with Crippen molar-refractivity contribution in [1.29, 1.82) is 0 Å². The van der Waals surface area contributed by atoms with E-state index in [2.05, 4.69) is 36.9 Å². The van der Waals surface area contributed by atoms with Crippen molar-refractivity contribution >= 4 is 27.8 Å². The first-order valence-electron chi connectivity index (χ1n) is 8.73. The molecule has 0 bridgehead atoms. The molecule has 0 spiro atoms.